The summed E-state index contributed by atoms with van der Waals surface area (Å²) in [5, 5.41) is 3.22. The molecular formula is C25H29NO4. The Bertz CT molecular complexity index is 912. The van der Waals surface area contributed by atoms with Crippen molar-refractivity contribution in [2.24, 2.45) is 5.92 Å². The third-order valence-electron chi connectivity index (χ3n) is 5.43. The average Bonchev–Trinajstić information content (AvgIpc) is 2.74. The first-order valence-corrected chi connectivity index (χ1v) is 10.4. The van der Waals surface area contributed by atoms with Gasteiger partial charge in [0, 0.05) is 18.5 Å². The van der Waals surface area contributed by atoms with Crippen LogP contribution in [0.5, 0.6) is 11.5 Å². The normalized spacial score (nSPS) is 19.1. The quantitative estimate of drug-likeness (QED) is 0.322. The van der Waals surface area contributed by atoms with E-state index >= 15 is 0 Å². The van der Waals surface area contributed by atoms with Crippen LogP contribution in [-0.2, 0) is 9.59 Å². The lowest BCUT2D eigenvalue weighted by Crippen LogP contribution is -2.37. The summed E-state index contributed by atoms with van der Waals surface area (Å²) < 4.78 is 10.5. The molecule has 158 valence electrons. The van der Waals surface area contributed by atoms with E-state index in [0.29, 0.717) is 17.1 Å². The van der Waals surface area contributed by atoms with E-state index in [4.69, 9.17) is 9.47 Å². The molecule has 5 heteroatoms. The summed E-state index contributed by atoms with van der Waals surface area (Å²) in [5.74, 6) is 1.02. The number of hydrogen-bond donors (Lipinski definition) is 1. The molecule has 0 spiro atoms. The largest absolute Gasteiger partial charge is 0.493 e. The van der Waals surface area contributed by atoms with Crippen molar-refractivity contribution in [1.82, 2.24) is 5.32 Å². The molecule has 1 aliphatic carbocycles. The third kappa shape index (κ3) is 5.72. The topological polar surface area (TPSA) is 64.6 Å². The highest BCUT2D eigenvalue weighted by molar-refractivity contribution is 6.24. The first kappa shape index (κ1) is 21.6. The summed E-state index contributed by atoms with van der Waals surface area (Å²) in [6.45, 7) is 3.61. The molecule has 1 saturated carbocycles. The van der Waals surface area contributed by atoms with Gasteiger partial charge in [0.1, 0.15) is 0 Å². The number of esters is 1. The smallest absolute Gasteiger partial charge is 0.308 e. The molecule has 1 amide bonds. The molecule has 3 rings (SSSR count). The molecule has 1 aliphatic rings. The van der Waals surface area contributed by atoms with Crippen molar-refractivity contribution < 1.29 is 19.1 Å². The zero-order valence-electron chi connectivity index (χ0n) is 17.8. The number of methoxy groups -OCH3 is 1. The van der Waals surface area contributed by atoms with Crippen molar-refractivity contribution in [1.29, 1.82) is 0 Å². The number of benzene rings is 2. The van der Waals surface area contributed by atoms with Crippen LogP contribution >= 0.6 is 0 Å². The predicted octanol–water partition coefficient (Wildman–Crippen LogP) is 4.86. The van der Waals surface area contributed by atoms with Gasteiger partial charge in [-0.05, 0) is 60.9 Å². The van der Waals surface area contributed by atoms with Gasteiger partial charge in [0.25, 0.3) is 5.91 Å². The number of amides is 1. The molecule has 0 aliphatic heterocycles. The fourth-order valence-corrected chi connectivity index (χ4v) is 3.75. The molecule has 0 atom stereocenters. The Kier molecular flexibility index (Phi) is 7.28. The number of hydrogen-bond acceptors (Lipinski definition) is 4. The minimum Gasteiger partial charge on any atom is -0.493 e. The van der Waals surface area contributed by atoms with E-state index in [1.807, 2.05) is 36.4 Å². The Morgan fingerprint density at radius 2 is 1.70 bits per heavy atom. The first-order valence-electron chi connectivity index (χ1n) is 10.4. The zero-order valence-corrected chi connectivity index (χ0v) is 17.8. The number of rotatable bonds is 6. The Balaban J connectivity index is 1.89. The molecule has 0 bridgehead atoms. The molecule has 0 radical (unpaired) electrons. The van der Waals surface area contributed by atoms with Crippen LogP contribution in [0.1, 0.15) is 50.7 Å². The van der Waals surface area contributed by atoms with E-state index in [2.05, 4.69) is 12.2 Å². The second-order valence-electron chi connectivity index (χ2n) is 7.86. The molecule has 0 saturated heterocycles. The van der Waals surface area contributed by atoms with Gasteiger partial charge in [0.15, 0.2) is 11.5 Å². The molecular weight excluding hydrogens is 378 g/mol. The summed E-state index contributed by atoms with van der Waals surface area (Å²) >= 11 is 0. The lowest BCUT2D eigenvalue weighted by Gasteiger charge is -2.27. The van der Waals surface area contributed by atoms with Gasteiger partial charge in [0.2, 0.25) is 0 Å². The SMILES string of the molecule is COc1cc(C=C(C(=O)N[C@H]2CC[C@@H](C)CC2)c2ccccc2)ccc1OC(C)=O. The Morgan fingerprint density at radius 3 is 2.33 bits per heavy atom. The summed E-state index contributed by atoms with van der Waals surface area (Å²) in [5.41, 5.74) is 2.23. The van der Waals surface area contributed by atoms with Crippen LogP contribution in [0.2, 0.25) is 0 Å². The summed E-state index contributed by atoms with van der Waals surface area (Å²) in [4.78, 5) is 24.5. The van der Waals surface area contributed by atoms with Gasteiger partial charge in [-0.1, -0.05) is 43.3 Å². The molecule has 0 unspecified atom stereocenters. The lowest BCUT2D eigenvalue weighted by molar-refractivity contribution is -0.132. The molecule has 5 nitrogen and oxygen atoms in total. The first-order chi connectivity index (χ1) is 14.5. The Morgan fingerprint density at radius 1 is 1.00 bits per heavy atom. The second-order valence-corrected chi connectivity index (χ2v) is 7.86. The van der Waals surface area contributed by atoms with E-state index < -0.39 is 5.97 Å². The van der Waals surface area contributed by atoms with E-state index in [9.17, 15) is 9.59 Å². The minimum absolute atomic E-state index is 0.0798. The summed E-state index contributed by atoms with van der Waals surface area (Å²) in [7, 11) is 1.52. The van der Waals surface area contributed by atoms with Crippen LogP contribution in [0.25, 0.3) is 11.6 Å². The number of ether oxygens (including phenoxy) is 2. The Hall–Kier alpha value is -3.08. The molecule has 0 heterocycles. The van der Waals surface area contributed by atoms with Crippen LogP contribution in [0.4, 0.5) is 0 Å². The molecule has 1 fully saturated rings. The molecule has 2 aromatic carbocycles. The highest BCUT2D eigenvalue weighted by Gasteiger charge is 2.22. The maximum Gasteiger partial charge on any atom is 0.308 e. The third-order valence-corrected chi connectivity index (χ3v) is 5.43. The fraction of sp³-hybridized carbons (Fsp3) is 0.360. The standard InChI is InChI=1S/C25H29NO4/c1-17-9-12-21(13-10-17)26-25(28)22(20-7-5-4-6-8-20)15-19-11-14-23(30-18(2)27)24(16-19)29-3/h4-8,11,14-17,21H,9-10,12-13H2,1-3H3,(H,26,28)/t17-,21+. The number of carbonyl (C=O) groups is 2. The van der Waals surface area contributed by atoms with Crippen LogP contribution < -0.4 is 14.8 Å². The minimum atomic E-state index is -0.414. The van der Waals surface area contributed by atoms with Gasteiger partial charge in [-0.3, -0.25) is 9.59 Å². The van der Waals surface area contributed by atoms with Gasteiger partial charge in [0.05, 0.1) is 7.11 Å². The van der Waals surface area contributed by atoms with Crippen molar-refractivity contribution in [2.45, 2.75) is 45.6 Å². The van der Waals surface area contributed by atoms with Crippen LogP contribution in [-0.4, -0.2) is 25.0 Å². The molecule has 2 aromatic rings. The predicted molar refractivity (Wildman–Crippen MR) is 118 cm³/mol. The van der Waals surface area contributed by atoms with Crippen molar-refractivity contribution in [3.05, 3.63) is 59.7 Å². The van der Waals surface area contributed by atoms with E-state index in [0.717, 1.165) is 42.7 Å². The molecule has 1 N–H and O–H groups in total. The lowest BCUT2D eigenvalue weighted by atomic mass is 9.87. The van der Waals surface area contributed by atoms with Crippen LogP contribution in [0, 0.1) is 5.92 Å². The van der Waals surface area contributed by atoms with Crippen LogP contribution in [0.15, 0.2) is 48.5 Å². The van der Waals surface area contributed by atoms with Gasteiger partial charge in [-0.2, -0.15) is 0 Å². The zero-order chi connectivity index (χ0) is 21.5. The summed E-state index contributed by atoms with van der Waals surface area (Å²) in [6, 6.07) is 15.1. The fourth-order valence-electron chi connectivity index (χ4n) is 3.75. The van der Waals surface area contributed by atoms with Crippen molar-refractivity contribution in [3.8, 4) is 11.5 Å². The monoisotopic (exact) mass is 407 g/mol. The summed E-state index contributed by atoms with van der Waals surface area (Å²) in [6.07, 6.45) is 6.16. The van der Waals surface area contributed by atoms with Gasteiger partial charge < -0.3 is 14.8 Å². The van der Waals surface area contributed by atoms with Crippen molar-refractivity contribution >= 4 is 23.5 Å². The van der Waals surface area contributed by atoms with Crippen molar-refractivity contribution in [3.63, 3.8) is 0 Å². The Labute approximate surface area is 178 Å². The average molecular weight is 408 g/mol. The maximum absolute atomic E-state index is 13.2. The highest BCUT2D eigenvalue weighted by Crippen LogP contribution is 2.30. The van der Waals surface area contributed by atoms with Gasteiger partial charge in [-0.25, -0.2) is 0 Å². The van der Waals surface area contributed by atoms with Gasteiger partial charge >= 0.3 is 5.97 Å². The highest BCUT2D eigenvalue weighted by atomic mass is 16.6. The number of carbonyl (C=O) groups excluding carboxylic acids is 2. The molecule has 0 aromatic heterocycles. The second kappa shape index (κ2) is 10.1. The molecule has 30 heavy (non-hydrogen) atoms. The van der Waals surface area contributed by atoms with E-state index in [1.165, 1.54) is 14.0 Å². The van der Waals surface area contributed by atoms with E-state index in [-0.39, 0.29) is 11.9 Å². The van der Waals surface area contributed by atoms with E-state index in [1.54, 1.807) is 18.2 Å². The number of nitrogens with one attached hydrogen (secondary N) is 1. The maximum atomic E-state index is 13.2. The van der Waals surface area contributed by atoms with Gasteiger partial charge in [-0.15, -0.1) is 0 Å². The van der Waals surface area contributed by atoms with Crippen molar-refractivity contribution in [2.75, 3.05) is 7.11 Å². The van der Waals surface area contributed by atoms with Crippen LogP contribution in [0.3, 0.4) is 0 Å².